The van der Waals surface area contributed by atoms with E-state index in [1.165, 1.54) is 0 Å². The molecule has 2 amide bonds. The van der Waals surface area contributed by atoms with E-state index in [9.17, 15) is 44.7 Å². The van der Waals surface area contributed by atoms with E-state index in [4.69, 9.17) is 0 Å². The Kier molecular flexibility index (Phi) is 3.52. The molecule has 1 N–H and O–H groups in total. The fourth-order valence-electron chi connectivity index (χ4n) is 0.381. The van der Waals surface area contributed by atoms with Crippen LogP contribution in [0, 0.1) is 0 Å². The Hall–Kier alpha value is -1.42. The zero-order valence-corrected chi connectivity index (χ0v) is 6.84. The molecule has 3 nitrogen and oxygen atoms in total. The zero-order valence-electron chi connectivity index (χ0n) is 6.84. The van der Waals surface area contributed by atoms with E-state index in [1.54, 1.807) is 0 Å². The number of hydrogen-bond donors (Lipinski definition) is 1. The molecule has 0 aliphatic heterocycles. The second kappa shape index (κ2) is 3.87. The van der Waals surface area contributed by atoms with Crippen LogP contribution in [0.15, 0.2) is 0 Å². The maximum atomic E-state index is 12.0. The largest absolute Gasteiger partial charge is 0.471 e. The molecule has 0 heterocycles. The zero-order chi connectivity index (χ0) is 13.4. The second-order valence-electron chi connectivity index (χ2n) is 2.35. The monoisotopic (exact) mass is 259 g/mol. The van der Waals surface area contributed by atoms with Crippen molar-refractivity contribution in [1.29, 1.82) is 0 Å². The first-order chi connectivity index (χ1) is 6.80. The highest BCUT2D eigenvalue weighted by Crippen LogP contribution is 2.35. The number of nitrogens with one attached hydrogen (secondary N) is 1. The van der Waals surface area contributed by atoms with Gasteiger partial charge in [0.05, 0.1) is 0 Å². The van der Waals surface area contributed by atoms with Gasteiger partial charge in [-0.2, -0.15) is 35.1 Å². The molecule has 0 aliphatic rings. The number of halogens is 8. The van der Waals surface area contributed by atoms with Crippen molar-refractivity contribution < 1.29 is 44.7 Å². The highest BCUT2D eigenvalue weighted by atomic mass is 19.4. The van der Waals surface area contributed by atoms with Crippen LogP contribution >= 0.6 is 0 Å². The van der Waals surface area contributed by atoms with Gasteiger partial charge in [0.1, 0.15) is 0 Å². The Morgan fingerprint density at radius 1 is 0.750 bits per heavy atom. The van der Waals surface area contributed by atoms with Crippen LogP contribution in [0.4, 0.5) is 35.1 Å². The minimum atomic E-state index is -6.39. The number of imide groups is 1. The van der Waals surface area contributed by atoms with E-state index in [1.807, 2.05) is 0 Å². The molecule has 0 fully saturated rings. The van der Waals surface area contributed by atoms with Crippen molar-refractivity contribution in [2.75, 3.05) is 0 Å². The summed E-state index contributed by atoms with van der Waals surface area (Å²) in [6.45, 7) is 0. The van der Waals surface area contributed by atoms with Gasteiger partial charge >= 0.3 is 30.1 Å². The summed E-state index contributed by atoms with van der Waals surface area (Å²) in [6, 6.07) is 0. The SMILES string of the molecule is O=C(NC(=O)C(F)(F)C(F)(F)F)C(F)(F)F. The number of carbonyl (C=O) groups is 2. The van der Waals surface area contributed by atoms with Crippen molar-refractivity contribution in [1.82, 2.24) is 5.32 Å². The minimum Gasteiger partial charge on any atom is -0.283 e. The fourth-order valence-corrected chi connectivity index (χ4v) is 0.381. The first kappa shape index (κ1) is 14.6. The summed E-state index contributed by atoms with van der Waals surface area (Å²) in [5.41, 5.74) is 0. The van der Waals surface area contributed by atoms with Gasteiger partial charge in [-0.25, -0.2) is 0 Å². The summed E-state index contributed by atoms with van der Waals surface area (Å²) in [5, 5.41) is -0.106. The summed E-state index contributed by atoms with van der Waals surface area (Å²) < 4.78 is 92.5. The predicted molar refractivity (Wildman–Crippen MR) is 30.2 cm³/mol. The molecule has 0 saturated heterocycles. The first-order valence-corrected chi connectivity index (χ1v) is 3.17. The number of carbonyl (C=O) groups excluding carboxylic acids is 2. The Labute approximate surface area is 81.4 Å². The van der Waals surface area contributed by atoms with Gasteiger partial charge in [0.25, 0.3) is 0 Å². The average molecular weight is 259 g/mol. The summed E-state index contributed by atoms with van der Waals surface area (Å²) in [4.78, 5) is 20.0. The molecule has 0 unspecified atom stereocenters. The molecule has 0 rings (SSSR count). The molecule has 0 aliphatic carbocycles. The van der Waals surface area contributed by atoms with E-state index in [2.05, 4.69) is 0 Å². The highest BCUT2D eigenvalue weighted by molar-refractivity contribution is 6.01. The molecule has 16 heavy (non-hydrogen) atoms. The van der Waals surface area contributed by atoms with Crippen molar-refractivity contribution in [2.24, 2.45) is 0 Å². The van der Waals surface area contributed by atoms with Crippen LogP contribution in [0.2, 0.25) is 0 Å². The third kappa shape index (κ3) is 3.03. The standard InChI is InChI=1S/C5HF8NO2/c6-3(7,5(11,12)13)1(15)14-2(16)4(8,9)10/h(H,14,15,16). The van der Waals surface area contributed by atoms with Gasteiger partial charge in [0, 0.05) is 0 Å². The first-order valence-electron chi connectivity index (χ1n) is 3.17. The number of amides is 2. The summed E-state index contributed by atoms with van der Waals surface area (Å²) >= 11 is 0. The molecule has 0 aromatic carbocycles. The van der Waals surface area contributed by atoms with Crippen molar-refractivity contribution >= 4 is 11.8 Å². The average Bonchev–Trinajstić information content (AvgIpc) is 1.99. The third-order valence-corrected chi connectivity index (χ3v) is 1.13. The van der Waals surface area contributed by atoms with Crippen molar-refractivity contribution in [2.45, 2.75) is 18.3 Å². The maximum Gasteiger partial charge on any atom is 0.471 e. The van der Waals surface area contributed by atoms with Crippen molar-refractivity contribution in [3.63, 3.8) is 0 Å². The summed E-state index contributed by atoms with van der Waals surface area (Å²) in [5.74, 6) is -12.7. The molecule has 0 saturated carbocycles. The molecule has 0 spiro atoms. The van der Waals surface area contributed by atoms with Gasteiger partial charge in [0.2, 0.25) is 0 Å². The molecule has 94 valence electrons. The number of rotatable bonds is 1. The predicted octanol–water partition coefficient (Wildman–Crippen LogP) is 1.39. The van der Waals surface area contributed by atoms with Gasteiger partial charge < -0.3 is 0 Å². The number of alkyl halides is 8. The second-order valence-corrected chi connectivity index (χ2v) is 2.35. The molecule has 0 bridgehead atoms. The van der Waals surface area contributed by atoms with Gasteiger partial charge in [0.15, 0.2) is 0 Å². The van der Waals surface area contributed by atoms with E-state index in [0.29, 0.717) is 0 Å². The lowest BCUT2D eigenvalue weighted by Gasteiger charge is -2.18. The highest BCUT2D eigenvalue weighted by Gasteiger charge is 2.64. The molecule has 0 radical (unpaired) electrons. The smallest absolute Gasteiger partial charge is 0.283 e. The molecular weight excluding hydrogens is 258 g/mol. The van der Waals surface area contributed by atoms with Crippen LogP contribution in [0.1, 0.15) is 0 Å². The van der Waals surface area contributed by atoms with Gasteiger partial charge in [-0.1, -0.05) is 0 Å². The van der Waals surface area contributed by atoms with Crippen LogP contribution in [-0.4, -0.2) is 30.1 Å². The Bertz CT molecular complexity index is 303. The molecule has 11 heteroatoms. The van der Waals surface area contributed by atoms with Crippen molar-refractivity contribution in [3.8, 4) is 0 Å². The van der Waals surface area contributed by atoms with Crippen LogP contribution in [0.3, 0.4) is 0 Å². The maximum absolute atomic E-state index is 12.0. The Morgan fingerprint density at radius 3 is 1.38 bits per heavy atom. The Balaban J connectivity index is 4.80. The lowest BCUT2D eigenvalue weighted by atomic mass is 10.3. The van der Waals surface area contributed by atoms with Crippen LogP contribution in [-0.2, 0) is 9.59 Å². The van der Waals surface area contributed by atoms with E-state index in [0.717, 1.165) is 0 Å². The van der Waals surface area contributed by atoms with Gasteiger partial charge in [-0.15, -0.1) is 0 Å². The quantitative estimate of drug-likeness (QED) is 0.723. The summed E-state index contributed by atoms with van der Waals surface area (Å²) in [6.07, 6.45) is -12.1. The van der Waals surface area contributed by atoms with E-state index >= 15 is 0 Å². The molecule has 0 atom stereocenters. The molecular formula is C5HF8NO2. The topological polar surface area (TPSA) is 46.2 Å². The lowest BCUT2D eigenvalue weighted by Crippen LogP contribution is -2.54. The minimum absolute atomic E-state index is 0.106. The van der Waals surface area contributed by atoms with E-state index in [-0.39, 0.29) is 5.32 Å². The van der Waals surface area contributed by atoms with Crippen LogP contribution in [0.25, 0.3) is 0 Å². The lowest BCUT2D eigenvalue weighted by molar-refractivity contribution is -0.270. The van der Waals surface area contributed by atoms with Crippen LogP contribution < -0.4 is 5.32 Å². The van der Waals surface area contributed by atoms with Gasteiger partial charge in [-0.05, 0) is 0 Å². The Morgan fingerprint density at radius 2 is 1.12 bits per heavy atom. The van der Waals surface area contributed by atoms with Crippen molar-refractivity contribution in [3.05, 3.63) is 0 Å². The normalized spacial score (nSPS) is 13.5. The van der Waals surface area contributed by atoms with E-state index < -0.39 is 30.1 Å². The van der Waals surface area contributed by atoms with Gasteiger partial charge in [-0.3, -0.25) is 14.9 Å². The fraction of sp³-hybridized carbons (Fsp3) is 0.600. The van der Waals surface area contributed by atoms with Crippen LogP contribution in [0.5, 0.6) is 0 Å². The third-order valence-electron chi connectivity index (χ3n) is 1.13. The number of hydrogen-bond acceptors (Lipinski definition) is 2. The summed E-state index contributed by atoms with van der Waals surface area (Å²) in [7, 11) is 0. The molecule has 0 aromatic heterocycles. The molecule has 0 aromatic rings.